The minimum Gasteiger partial charge on any atom is -0.507 e. The van der Waals surface area contributed by atoms with Crippen LogP contribution in [0, 0.1) is 34.1 Å². The van der Waals surface area contributed by atoms with Gasteiger partial charge >= 0.3 is 29.5 Å². The zero-order valence-corrected chi connectivity index (χ0v) is 34.6. The minimum absolute atomic E-state index is 0.0690. The third-order valence-corrected chi connectivity index (χ3v) is 9.74. The van der Waals surface area contributed by atoms with Gasteiger partial charge in [0.05, 0.1) is 0 Å². The van der Waals surface area contributed by atoms with Crippen molar-refractivity contribution in [2.45, 2.75) is 33.0 Å². The topological polar surface area (TPSA) is 326 Å². The van der Waals surface area contributed by atoms with Crippen molar-refractivity contribution in [3.05, 3.63) is 149 Å². The summed E-state index contributed by atoms with van der Waals surface area (Å²) in [5, 5.41) is 32.8. The van der Waals surface area contributed by atoms with Gasteiger partial charge in [-0.3, -0.25) is 9.59 Å². The van der Waals surface area contributed by atoms with E-state index in [4.69, 9.17) is 38.3 Å². The quantitative estimate of drug-likeness (QED) is 0.0301. The summed E-state index contributed by atoms with van der Waals surface area (Å²) in [5.41, 5.74) is 4.03. The van der Waals surface area contributed by atoms with Gasteiger partial charge < -0.3 is 63.6 Å². The Morgan fingerprint density at radius 1 is 0.727 bits per heavy atom. The summed E-state index contributed by atoms with van der Waals surface area (Å²) in [6, 6.07) is 13.9. The molecule has 7 aromatic rings. The Labute approximate surface area is 368 Å². The number of nitrogens with zero attached hydrogens (tertiary/aromatic N) is 6. The molecular formula is C42H35N7O17. The predicted octanol–water partition coefficient (Wildman–Crippen LogP) is 4.41. The first-order chi connectivity index (χ1) is 31.6. The van der Waals surface area contributed by atoms with Gasteiger partial charge in [-0.2, -0.15) is 0 Å². The Kier molecular flexibility index (Phi) is 13.0. The van der Waals surface area contributed by atoms with E-state index in [0.717, 1.165) is 24.5 Å². The maximum absolute atomic E-state index is 13.4. The third-order valence-electron chi connectivity index (χ3n) is 9.74. The SMILES string of the molecule is Cc1ncc([N+](=O)[O-])n1CCOC(=O)c1cc(=O)c2c(OCC(COc3cccc4oc(C(=O)OCCn5c([N+](=O)[O-])cnc5C)cc(=O)c34)OC(=O)c3cc(N)ccc3O)cccc2o1. The van der Waals surface area contributed by atoms with Gasteiger partial charge in [0.1, 0.15) is 96.7 Å². The number of phenolic OH excluding ortho intramolecular Hbond substituents is 1. The molecule has 3 N–H and O–H groups in total. The molecule has 0 fully saturated rings. The third kappa shape index (κ3) is 9.75. The van der Waals surface area contributed by atoms with Crippen LogP contribution in [-0.4, -0.2) is 84.5 Å². The van der Waals surface area contributed by atoms with Crippen LogP contribution in [0.15, 0.2) is 97.5 Å². The lowest BCUT2D eigenvalue weighted by Gasteiger charge is -2.20. The lowest BCUT2D eigenvalue weighted by atomic mass is 10.2. The summed E-state index contributed by atoms with van der Waals surface area (Å²) < 4.78 is 41.9. The number of nitro groups is 2. The molecule has 3 aromatic carbocycles. The molecule has 24 nitrogen and oxygen atoms in total. The Morgan fingerprint density at radius 2 is 1.20 bits per heavy atom. The Hall–Kier alpha value is -9.09. The van der Waals surface area contributed by atoms with Crippen LogP contribution in [0.25, 0.3) is 21.9 Å². The predicted molar refractivity (Wildman–Crippen MR) is 225 cm³/mol. The van der Waals surface area contributed by atoms with Crippen molar-refractivity contribution >= 4 is 57.2 Å². The fourth-order valence-electron chi connectivity index (χ4n) is 6.57. The van der Waals surface area contributed by atoms with Gasteiger partial charge in [0.2, 0.25) is 11.5 Å². The van der Waals surface area contributed by atoms with E-state index in [1.807, 2.05) is 0 Å². The van der Waals surface area contributed by atoms with Gasteiger partial charge in [-0.15, -0.1) is 0 Å². The second-order valence-electron chi connectivity index (χ2n) is 14.1. The van der Waals surface area contributed by atoms with E-state index < -0.39 is 75.2 Å². The molecule has 0 aliphatic carbocycles. The van der Waals surface area contributed by atoms with Gasteiger partial charge in [0, 0.05) is 31.7 Å². The molecule has 24 heteroatoms. The number of hydrogen-bond donors (Lipinski definition) is 2. The summed E-state index contributed by atoms with van der Waals surface area (Å²) in [4.78, 5) is 95.1. The van der Waals surface area contributed by atoms with E-state index in [1.165, 1.54) is 63.7 Å². The molecule has 66 heavy (non-hydrogen) atoms. The van der Waals surface area contributed by atoms with Gasteiger partial charge in [-0.1, -0.05) is 12.1 Å². The van der Waals surface area contributed by atoms with Crippen LogP contribution in [0.3, 0.4) is 0 Å². The first-order valence-corrected chi connectivity index (χ1v) is 19.5. The van der Waals surface area contributed by atoms with E-state index in [1.54, 1.807) is 13.8 Å². The van der Waals surface area contributed by atoms with Crippen molar-refractivity contribution in [3.63, 3.8) is 0 Å². The minimum atomic E-state index is -1.34. The number of esters is 3. The average Bonchev–Trinajstić information content (AvgIpc) is 3.85. The number of ether oxygens (including phenoxy) is 5. The first-order valence-electron chi connectivity index (χ1n) is 19.5. The Bertz CT molecular complexity index is 2990. The molecule has 0 atom stereocenters. The normalized spacial score (nSPS) is 11.1. The van der Waals surface area contributed by atoms with Crippen LogP contribution >= 0.6 is 0 Å². The molecule has 0 radical (unpaired) electrons. The second kappa shape index (κ2) is 19.1. The van der Waals surface area contributed by atoms with E-state index in [9.17, 15) is 49.3 Å². The lowest BCUT2D eigenvalue weighted by Crippen LogP contribution is -2.31. The van der Waals surface area contributed by atoms with Crippen molar-refractivity contribution in [1.82, 2.24) is 19.1 Å². The molecular weight excluding hydrogens is 874 g/mol. The lowest BCUT2D eigenvalue weighted by molar-refractivity contribution is -0.392. The largest absolute Gasteiger partial charge is 0.507 e. The number of carbonyl (C=O) groups is 3. The number of phenols is 1. The number of fused-ring (bicyclic) bond motifs is 2. The fraction of sp³-hybridized carbons (Fsp3) is 0.214. The number of aromatic nitrogens is 4. The van der Waals surface area contributed by atoms with Gasteiger partial charge in [-0.25, -0.2) is 33.5 Å². The second-order valence-corrected chi connectivity index (χ2v) is 14.1. The highest BCUT2D eigenvalue weighted by atomic mass is 16.6. The smallest absolute Gasteiger partial charge is 0.374 e. The number of carbonyl (C=O) groups excluding carboxylic acids is 3. The zero-order chi connectivity index (χ0) is 47.2. The molecule has 4 heterocycles. The maximum atomic E-state index is 13.4. The van der Waals surface area contributed by atoms with Crippen LogP contribution in [-0.2, 0) is 27.3 Å². The monoisotopic (exact) mass is 909 g/mol. The zero-order valence-electron chi connectivity index (χ0n) is 34.6. The summed E-state index contributed by atoms with van der Waals surface area (Å²) in [5.74, 6) is -4.60. The van der Waals surface area contributed by atoms with Crippen molar-refractivity contribution in [2.75, 3.05) is 32.2 Å². The molecule has 4 aromatic heterocycles. The van der Waals surface area contributed by atoms with Crippen LogP contribution in [0.5, 0.6) is 17.2 Å². The summed E-state index contributed by atoms with van der Waals surface area (Å²) in [6.45, 7) is 1.23. The molecule has 0 amide bonds. The number of hydrogen-bond acceptors (Lipinski definition) is 20. The van der Waals surface area contributed by atoms with E-state index in [2.05, 4.69) is 9.97 Å². The highest BCUT2D eigenvalue weighted by Crippen LogP contribution is 2.28. The van der Waals surface area contributed by atoms with Crippen LogP contribution < -0.4 is 26.1 Å². The number of rotatable bonds is 18. The number of benzene rings is 3. The number of nitrogens with two attached hydrogens (primary N) is 1. The maximum Gasteiger partial charge on any atom is 0.374 e. The Balaban J connectivity index is 1.07. The standard InChI is InChI=1S/C42H35N7O17/c1-22-44-18-36(48(56)57)46(22)11-13-60-41(54)34-16-28(51)38-30(5-3-7-32(38)65-34)62-20-25(64-40(53)26-15-24(43)9-10-27(26)50)21-63-31-6-4-8-33-39(31)29(52)17-35(66-33)42(55)61-14-12-47-23(2)45-19-37(47)49(58)59/h3-10,15-19,25,50H,11-14,20-21,43H2,1-2H3. The highest BCUT2D eigenvalue weighted by molar-refractivity contribution is 5.94. The van der Waals surface area contributed by atoms with Gasteiger partial charge in [0.15, 0.2) is 28.6 Å². The molecule has 7 rings (SSSR count). The summed E-state index contributed by atoms with van der Waals surface area (Å²) >= 11 is 0. The van der Waals surface area contributed by atoms with Crippen molar-refractivity contribution < 1.29 is 61.9 Å². The Morgan fingerprint density at radius 3 is 1.65 bits per heavy atom. The fourth-order valence-corrected chi connectivity index (χ4v) is 6.57. The number of aromatic hydroxyl groups is 1. The number of nitrogen functional groups attached to an aromatic ring is 1. The summed E-state index contributed by atoms with van der Waals surface area (Å²) in [7, 11) is 0. The van der Waals surface area contributed by atoms with Crippen molar-refractivity contribution in [2.24, 2.45) is 0 Å². The molecule has 0 spiro atoms. The number of imidazole rings is 2. The molecule has 0 aliphatic rings. The van der Waals surface area contributed by atoms with E-state index >= 15 is 0 Å². The molecule has 340 valence electrons. The molecule has 0 saturated heterocycles. The highest BCUT2D eigenvalue weighted by Gasteiger charge is 2.25. The van der Waals surface area contributed by atoms with Crippen molar-refractivity contribution in [1.29, 1.82) is 0 Å². The van der Waals surface area contributed by atoms with Crippen LogP contribution in [0.4, 0.5) is 17.3 Å². The van der Waals surface area contributed by atoms with Crippen LogP contribution in [0.2, 0.25) is 0 Å². The average molecular weight is 910 g/mol. The van der Waals surface area contributed by atoms with Crippen LogP contribution in [0.1, 0.15) is 43.1 Å². The number of aryl methyl sites for hydroxylation is 2. The van der Waals surface area contributed by atoms with Gasteiger partial charge in [-0.05, 0) is 52.3 Å². The first kappa shape index (κ1) is 44.9. The molecule has 0 saturated carbocycles. The molecule has 0 bridgehead atoms. The van der Waals surface area contributed by atoms with Crippen molar-refractivity contribution in [3.8, 4) is 17.2 Å². The number of anilines is 1. The van der Waals surface area contributed by atoms with E-state index in [-0.39, 0.29) is 82.6 Å². The van der Waals surface area contributed by atoms with Gasteiger partial charge in [0.25, 0.3) is 0 Å². The summed E-state index contributed by atoms with van der Waals surface area (Å²) in [6.07, 6.45) is 0.806. The van der Waals surface area contributed by atoms with E-state index in [0.29, 0.717) is 11.6 Å². The molecule has 0 unspecified atom stereocenters. The molecule has 0 aliphatic heterocycles.